The van der Waals surface area contributed by atoms with E-state index in [1.807, 2.05) is 0 Å². The highest BCUT2D eigenvalue weighted by Crippen LogP contribution is 2.25. The minimum Gasteiger partial charge on any atom is -0.465 e. The van der Waals surface area contributed by atoms with Gasteiger partial charge < -0.3 is 9.15 Å². The van der Waals surface area contributed by atoms with Crippen molar-refractivity contribution in [3.63, 3.8) is 0 Å². The van der Waals surface area contributed by atoms with Crippen LogP contribution in [-0.2, 0) is 4.74 Å². The summed E-state index contributed by atoms with van der Waals surface area (Å²) in [6.07, 6.45) is 1.04. The van der Waals surface area contributed by atoms with Crippen LogP contribution in [0.5, 0.6) is 0 Å². The first kappa shape index (κ1) is 9.64. The van der Waals surface area contributed by atoms with Gasteiger partial charge in [-0.1, -0.05) is 0 Å². The standard InChI is InChI=1S/C10H6F2O3/c1-14-10(13)6-4-15-9-5(6)2-3-7(11)8(9)12/h2-4H,1H3. The maximum atomic E-state index is 13.2. The molecule has 1 heterocycles. The molecular formula is C10H6F2O3. The molecule has 0 spiro atoms. The van der Waals surface area contributed by atoms with Gasteiger partial charge in [0.05, 0.1) is 7.11 Å². The fourth-order valence-corrected chi connectivity index (χ4v) is 1.31. The van der Waals surface area contributed by atoms with Crippen LogP contribution < -0.4 is 0 Å². The minimum absolute atomic E-state index is 0.0754. The largest absolute Gasteiger partial charge is 0.465 e. The van der Waals surface area contributed by atoms with Crippen molar-refractivity contribution in [2.75, 3.05) is 7.11 Å². The van der Waals surface area contributed by atoms with Gasteiger partial charge in [-0.3, -0.25) is 0 Å². The first-order valence-corrected chi connectivity index (χ1v) is 4.08. The third-order valence-corrected chi connectivity index (χ3v) is 2.04. The second-order valence-electron chi connectivity index (χ2n) is 2.88. The number of hydrogen-bond donors (Lipinski definition) is 0. The van der Waals surface area contributed by atoms with Crippen LogP contribution >= 0.6 is 0 Å². The molecule has 5 heteroatoms. The number of fused-ring (bicyclic) bond motifs is 1. The highest BCUT2D eigenvalue weighted by atomic mass is 19.2. The molecular weight excluding hydrogens is 206 g/mol. The van der Waals surface area contributed by atoms with Crippen molar-refractivity contribution in [2.24, 2.45) is 0 Å². The summed E-state index contributed by atoms with van der Waals surface area (Å²) in [6.45, 7) is 0. The summed E-state index contributed by atoms with van der Waals surface area (Å²) in [4.78, 5) is 11.2. The summed E-state index contributed by atoms with van der Waals surface area (Å²) < 4.78 is 35.2. The summed E-state index contributed by atoms with van der Waals surface area (Å²) in [6, 6.07) is 2.20. The molecule has 0 atom stereocenters. The van der Waals surface area contributed by atoms with E-state index in [0.717, 1.165) is 12.3 Å². The average molecular weight is 212 g/mol. The number of ether oxygens (including phenoxy) is 1. The zero-order valence-corrected chi connectivity index (χ0v) is 7.71. The SMILES string of the molecule is COC(=O)c1coc2c(F)c(F)ccc12. The Labute approximate surface area is 83.2 Å². The lowest BCUT2D eigenvalue weighted by Crippen LogP contribution is -1.99. The number of benzene rings is 1. The normalized spacial score (nSPS) is 10.6. The van der Waals surface area contributed by atoms with Crippen LogP contribution in [0.25, 0.3) is 11.0 Å². The third-order valence-electron chi connectivity index (χ3n) is 2.04. The first-order chi connectivity index (χ1) is 7.15. The Kier molecular flexibility index (Phi) is 2.15. The Morgan fingerprint density at radius 1 is 1.40 bits per heavy atom. The molecule has 3 nitrogen and oxygen atoms in total. The maximum absolute atomic E-state index is 13.2. The van der Waals surface area contributed by atoms with Crippen LogP contribution in [-0.4, -0.2) is 13.1 Å². The molecule has 0 radical (unpaired) electrons. The number of rotatable bonds is 1. The second-order valence-corrected chi connectivity index (χ2v) is 2.88. The molecule has 0 N–H and O–H groups in total. The van der Waals surface area contributed by atoms with Gasteiger partial charge in [0.1, 0.15) is 11.8 Å². The van der Waals surface area contributed by atoms with Gasteiger partial charge in [0, 0.05) is 5.39 Å². The van der Waals surface area contributed by atoms with Crippen LogP contribution in [0, 0.1) is 11.6 Å². The van der Waals surface area contributed by atoms with E-state index in [4.69, 9.17) is 4.42 Å². The molecule has 1 aromatic heterocycles. The fraction of sp³-hybridized carbons (Fsp3) is 0.100. The predicted molar refractivity (Wildman–Crippen MR) is 47.5 cm³/mol. The molecule has 0 unspecified atom stereocenters. The molecule has 0 fully saturated rings. The maximum Gasteiger partial charge on any atom is 0.341 e. The Hall–Kier alpha value is -1.91. The minimum atomic E-state index is -1.11. The molecule has 0 amide bonds. The van der Waals surface area contributed by atoms with E-state index in [2.05, 4.69) is 4.74 Å². The molecule has 0 saturated heterocycles. The molecule has 0 aliphatic carbocycles. The highest BCUT2D eigenvalue weighted by Gasteiger charge is 2.18. The quantitative estimate of drug-likeness (QED) is 0.681. The molecule has 0 aliphatic rings. The van der Waals surface area contributed by atoms with Gasteiger partial charge in [0.15, 0.2) is 11.4 Å². The number of esters is 1. The molecule has 15 heavy (non-hydrogen) atoms. The monoisotopic (exact) mass is 212 g/mol. The number of hydrogen-bond acceptors (Lipinski definition) is 3. The van der Waals surface area contributed by atoms with Crippen molar-refractivity contribution in [1.29, 1.82) is 0 Å². The number of methoxy groups -OCH3 is 1. The van der Waals surface area contributed by atoms with Gasteiger partial charge in [0.2, 0.25) is 5.82 Å². The van der Waals surface area contributed by atoms with Crippen LogP contribution in [0.2, 0.25) is 0 Å². The second kappa shape index (κ2) is 3.34. The van der Waals surface area contributed by atoms with Crippen LogP contribution in [0.1, 0.15) is 10.4 Å². The molecule has 78 valence electrons. The highest BCUT2D eigenvalue weighted by molar-refractivity contribution is 6.03. The molecule has 1 aromatic carbocycles. The Morgan fingerprint density at radius 3 is 2.80 bits per heavy atom. The lowest BCUT2D eigenvalue weighted by molar-refractivity contribution is 0.0602. The van der Waals surface area contributed by atoms with Gasteiger partial charge >= 0.3 is 5.97 Å². The van der Waals surface area contributed by atoms with Crippen molar-refractivity contribution in [1.82, 2.24) is 0 Å². The average Bonchev–Trinajstić information content (AvgIpc) is 2.66. The van der Waals surface area contributed by atoms with Gasteiger partial charge in [0.25, 0.3) is 0 Å². The van der Waals surface area contributed by atoms with E-state index in [0.29, 0.717) is 0 Å². The molecule has 0 bridgehead atoms. The van der Waals surface area contributed by atoms with Crippen molar-refractivity contribution in [2.45, 2.75) is 0 Å². The number of furan rings is 1. The van der Waals surface area contributed by atoms with Crippen LogP contribution in [0.15, 0.2) is 22.8 Å². The van der Waals surface area contributed by atoms with Gasteiger partial charge in [-0.25, -0.2) is 9.18 Å². The van der Waals surface area contributed by atoms with Crippen molar-refractivity contribution < 1.29 is 22.7 Å². The van der Waals surface area contributed by atoms with E-state index in [1.54, 1.807) is 0 Å². The zero-order valence-electron chi connectivity index (χ0n) is 7.71. The lowest BCUT2D eigenvalue weighted by atomic mass is 10.1. The predicted octanol–water partition coefficient (Wildman–Crippen LogP) is 2.50. The van der Waals surface area contributed by atoms with E-state index < -0.39 is 17.6 Å². The fourth-order valence-electron chi connectivity index (χ4n) is 1.31. The summed E-state index contributed by atoms with van der Waals surface area (Å²) in [5, 5.41) is 0.195. The Balaban J connectivity index is 2.72. The summed E-state index contributed by atoms with van der Waals surface area (Å²) in [5.41, 5.74) is -0.207. The van der Waals surface area contributed by atoms with E-state index in [-0.39, 0.29) is 16.5 Å². The Bertz CT molecular complexity index is 531. The van der Waals surface area contributed by atoms with Crippen molar-refractivity contribution in [3.8, 4) is 0 Å². The van der Waals surface area contributed by atoms with E-state index in [9.17, 15) is 13.6 Å². The van der Waals surface area contributed by atoms with Crippen molar-refractivity contribution in [3.05, 3.63) is 35.6 Å². The van der Waals surface area contributed by atoms with Crippen LogP contribution in [0.4, 0.5) is 8.78 Å². The summed E-state index contributed by atoms with van der Waals surface area (Å²) >= 11 is 0. The summed E-state index contributed by atoms with van der Waals surface area (Å²) in [7, 11) is 1.20. The molecule has 2 aromatic rings. The van der Waals surface area contributed by atoms with E-state index >= 15 is 0 Å². The van der Waals surface area contributed by atoms with Gasteiger partial charge in [-0.2, -0.15) is 4.39 Å². The Morgan fingerprint density at radius 2 is 2.13 bits per heavy atom. The van der Waals surface area contributed by atoms with Gasteiger partial charge in [-0.15, -0.1) is 0 Å². The molecule has 2 rings (SSSR count). The smallest absolute Gasteiger partial charge is 0.341 e. The summed E-state index contributed by atoms with van der Waals surface area (Å²) in [5.74, 6) is -2.78. The zero-order chi connectivity index (χ0) is 11.0. The van der Waals surface area contributed by atoms with E-state index in [1.165, 1.54) is 13.2 Å². The first-order valence-electron chi connectivity index (χ1n) is 4.08. The van der Waals surface area contributed by atoms with Crippen molar-refractivity contribution >= 4 is 16.9 Å². The van der Waals surface area contributed by atoms with Crippen LogP contribution in [0.3, 0.4) is 0 Å². The lowest BCUT2D eigenvalue weighted by Gasteiger charge is -1.96. The number of carbonyl (C=O) groups is 1. The molecule has 0 aliphatic heterocycles. The topological polar surface area (TPSA) is 39.4 Å². The number of halogens is 2. The number of carbonyl (C=O) groups excluding carboxylic acids is 1. The molecule has 0 saturated carbocycles. The van der Waals surface area contributed by atoms with Gasteiger partial charge in [-0.05, 0) is 12.1 Å². The third kappa shape index (κ3) is 1.36.